The predicted molar refractivity (Wildman–Crippen MR) is 63.0 cm³/mol. The van der Waals surface area contributed by atoms with Crippen molar-refractivity contribution in [1.82, 2.24) is 10.6 Å². The van der Waals surface area contributed by atoms with Crippen LogP contribution in [0.3, 0.4) is 0 Å². The van der Waals surface area contributed by atoms with Gasteiger partial charge >= 0.3 is 0 Å². The van der Waals surface area contributed by atoms with Crippen molar-refractivity contribution in [3.63, 3.8) is 0 Å². The molecule has 1 rings (SSSR count). The summed E-state index contributed by atoms with van der Waals surface area (Å²) in [7, 11) is 0. The molecule has 0 saturated heterocycles. The molecule has 2 N–H and O–H groups in total. The average Bonchev–Trinajstić information content (AvgIpc) is 2.70. The van der Waals surface area contributed by atoms with Crippen LogP contribution in [-0.2, 0) is 4.79 Å². The van der Waals surface area contributed by atoms with Crippen LogP contribution in [0.2, 0.25) is 0 Å². The molecule has 0 bridgehead atoms. The molecule has 4 nitrogen and oxygen atoms in total. The third-order valence-electron chi connectivity index (χ3n) is 2.50. The Morgan fingerprint density at radius 3 is 2.75 bits per heavy atom. The highest BCUT2D eigenvalue weighted by Crippen LogP contribution is 2.13. The molecule has 0 unspecified atom stereocenters. The highest BCUT2D eigenvalue weighted by atomic mass is 16.3. The Hall–Kier alpha value is -1.29. The van der Waals surface area contributed by atoms with Gasteiger partial charge in [-0.15, -0.1) is 0 Å². The van der Waals surface area contributed by atoms with Gasteiger partial charge in [0.05, 0.1) is 17.8 Å². The monoisotopic (exact) mass is 224 g/mol. The van der Waals surface area contributed by atoms with Gasteiger partial charge in [0.15, 0.2) is 0 Å². The molecule has 0 spiro atoms. The van der Waals surface area contributed by atoms with Crippen LogP contribution in [0.15, 0.2) is 22.8 Å². The molecule has 1 heterocycles. The second-order valence-electron chi connectivity index (χ2n) is 4.37. The Morgan fingerprint density at radius 2 is 2.25 bits per heavy atom. The molecule has 90 valence electrons. The number of carbonyl (C=O) groups excluding carboxylic acids is 1. The lowest BCUT2D eigenvalue weighted by Gasteiger charge is -2.26. The van der Waals surface area contributed by atoms with Crippen molar-refractivity contribution >= 4 is 5.91 Å². The third-order valence-corrected chi connectivity index (χ3v) is 2.50. The summed E-state index contributed by atoms with van der Waals surface area (Å²) in [5, 5.41) is 6.04. The highest BCUT2D eigenvalue weighted by molar-refractivity contribution is 5.85. The first-order valence-corrected chi connectivity index (χ1v) is 5.56. The number of hydrogen-bond donors (Lipinski definition) is 2. The Kier molecular flexibility index (Phi) is 4.12. The fourth-order valence-corrected chi connectivity index (χ4v) is 1.51. The first-order chi connectivity index (χ1) is 7.47. The van der Waals surface area contributed by atoms with Crippen molar-refractivity contribution in [3.05, 3.63) is 24.2 Å². The Balaban J connectivity index is 2.57. The zero-order valence-electron chi connectivity index (χ0n) is 10.3. The molecule has 0 aliphatic heterocycles. The van der Waals surface area contributed by atoms with E-state index >= 15 is 0 Å². The number of rotatable bonds is 5. The minimum absolute atomic E-state index is 0.0294. The van der Waals surface area contributed by atoms with Crippen molar-refractivity contribution in [2.24, 2.45) is 0 Å². The lowest BCUT2D eigenvalue weighted by molar-refractivity contribution is -0.127. The Morgan fingerprint density at radius 1 is 1.56 bits per heavy atom. The summed E-state index contributed by atoms with van der Waals surface area (Å²) in [5.41, 5.74) is -0.560. The number of likely N-dealkylation sites (N-methyl/N-ethyl adjacent to an activating group) is 1. The molecule has 1 aromatic heterocycles. The van der Waals surface area contributed by atoms with Gasteiger partial charge in [-0.05, 0) is 39.4 Å². The minimum Gasteiger partial charge on any atom is -0.467 e. The Labute approximate surface area is 96.4 Å². The second kappa shape index (κ2) is 5.16. The van der Waals surface area contributed by atoms with Crippen LogP contribution in [0.25, 0.3) is 0 Å². The van der Waals surface area contributed by atoms with Crippen LogP contribution in [-0.4, -0.2) is 18.0 Å². The second-order valence-corrected chi connectivity index (χ2v) is 4.37. The zero-order chi connectivity index (χ0) is 12.2. The summed E-state index contributed by atoms with van der Waals surface area (Å²) in [5.74, 6) is 0.735. The van der Waals surface area contributed by atoms with E-state index in [4.69, 9.17) is 4.42 Å². The molecule has 1 atom stereocenters. The molecule has 0 aromatic carbocycles. The van der Waals surface area contributed by atoms with Crippen molar-refractivity contribution in [3.8, 4) is 0 Å². The van der Waals surface area contributed by atoms with Crippen LogP contribution < -0.4 is 10.6 Å². The first kappa shape index (κ1) is 12.8. The van der Waals surface area contributed by atoms with E-state index in [2.05, 4.69) is 10.6 Å². The van der Waals surface area contributed by atoms with E-state index in [1.54, 1.807) is 6.26 Å². The van der Waals surface area contributed by atoms with Crippen molar-refractivity contribution in [2.45, 2.75) is 39.3 Å². The number of furan rings is 1. The first-order valence-electron chi connectivity index (χ1n) is 5.56. The van der Waals surface area contributed by atoms with Gasteiger partial charge in [-0.1, -0.05) is 6.92 Å². The highest BCUT2D eigenvalue weighted by Gasteiger charge is 2.27. The summed E-state index contributed by atoms with van der Waals surface area (Å²) in [4.78, 5) is 11.9. The van der Waals surface area contributed by atoms with E-state index in [0.717, 1.165) is 12.3 Å². The van der Waals surface area contributed by atoms with Crippen molar-refractivity contribution in [1.29, 1.82) is 0 Å². The largest absolute Gasteiger partial charge is 0.467 e. The summed E-state index contributed by atoms with van der Waals surface area (Å²) in [6.07, 6.45) is 1.60. The summed E-state index contributed by atoms with van der Waals surface area (Å²) in [6.45, 7) is 8.36. The van der Waals surface area contributed by atoms with Gasteiger partial charge in [0.1, 0.15) is 5.76 Å². The molecule has 0 aliphatic rings. The standard InChI is InChI=1S/C12H20N2O2/c1-5-13-12(3,4)11(15)14-9(2)10-7-6-8-16-10/h6-9,13H,5H2,1-4H3,(H,14,15)/t9-/m1/s1. The van der Waals surface area contributed by atoms with E-state index in [9.17, 15) is 4.79 Å². The molecule has 0 aliphatic carbocycles. The van der Waals surface area contributed by atoms with Gasteiger partial charge in [0.2, 0.25) is 5.91 Å². The van der Waals surface area contributed by atoms with Crippen molar-refractivity contribution in [2.75, 3.05) is 6.54 Å². The molecule has 0 radical (unpaired) electrons. The van der Waals surface area contributed by atoms with Gasteiger partial charge in [-0.3, -0.25) is 4.79 Å². The molecule has 1 aromatic rings. The number of carbonyl (C=O) groups is 1. The van der Waals surface area contributed by atoms with Crippen LogP contribution >= 0.6 is 0 Å². The lowest BCUT2D eigenvalue weighted by atomic mass is 10.0. The molecule has 16 heavy (non-hydrogen) atoms. The normalized spacial score (nSPS) is 13.5. The quantitative estimate of drug-likeness (QED) is 0.802. The van der Waals surface area contributed by atoms with Crippen LogP contribution in [0.5, 0.6) is 0 Å². The average molecular weight is 224 g/mol. The molecular formula is C12H20N2O2. The maximum atomic E-state index is 11.9. The summed E-state index contributed by atoms with van der Waals surface area (Å²) < 4.78 is 5.23. The molecule has 4 heteroatoms. The predicted octanol–water partition coefficient (Wildman–Crippen LogP) is 1.84. The van der Waals surface area contributed by atoms with Gasteiger partial charge in [0, 0.05) is 0 Å². The van der Waals surface area contributed by atoms with E-state index in [0.29, 0.717) is 0 Å². The maximum Gasteiger partial charge on any atom is 0.240 e. The minimum atomic E-state index is -0.560. The zero-order valence-corrected chi connectivity index (χ0v) is 10.3. The molecular weight excluding hydrogens is 204 g/mol. The number of nitrogens with one attached hydrogen (secondary N) is 2. The summed E-state index contributed by atoms with van der Waals surface area (Å²) >= 11 is 0. The molecule has 0 saturated carbocycles. The fraction of sp³-hybridized carbons (Fsp3) is 0.583. The van der Waals surface area contributed by atoms with Gasteiger partial charge in [-0.2, -0.15) is 0 Å². The SMILES string of the molecule is CCNC(C)(C)C(=O)N[C@H](C)c1ccco1. The van der Waals surface area contributed by atoms with Gasteiger partial charge in [-0.25, -0.2) is 0 Å². The molecule has 1 amide bonds. The van der Waals surface area contributed by atoms with E-state index in [-0.39, 0.29) is 11.9 Å². The van der Waals surface area contributed by atoms with Crippen LogP contribution in [0, 0.1) is 0 Å². The van der Waals surface area contributed by atoms with E-state index in [1.807, 2.05) is 39.8 Å². The van der Waals surface area contributed by atoms with E-state index in [1.165, 1.54) is 0 Å². The van der Waals surface area contributed by atoms with E-state index < -0.39 is 5.54 Å². The third kappa shape index (κ3) is 3.10. The summed E-state index contributed by atoms with van der Waals surface area (Å²) in [6, 6.07) is 3.55. The lowest BCUT2D eigenvalue weighted by Crippen LogP contribution is -2.52. The number of amides is 1. The molecule has 0 fully saturated rings. The van der Waals surface area contributed by atoms with Gasteiger partial charge in [0.25, 0.3) is 0 Å². The maximum absolute atomic E-state index is 11.9. The van der Waals surface area contributed by atoms with Crippen LogP contribution in [0.1, 0.15) is 39.5 Å². The number of hydrogen-bond acceptors (Lipinski definition) is 3. The van der Waals surface area contributed by atoms with Crippen molar-refractivity contribution < 1.29 is 9.21 Å². The smallest absolute Gasteiger partial charge is 0.240 e. The fourth-order valence-electron chi connectivity index (χ4n) is 1.51. The Bertz CT molecular complexity index is 331. The topological polar surface area (TPSA) is 54.3 Å². The van der Waals surface area contributed by atoms with Gasteiger partial charge < -0.3 is 15.1 Å². The van der Waals surface area contributed by atoms with Crippen LogP contribution in [0.4, 0.5) is 0 Å².